The van der Waals surface area contributed by atoms with Crippen LogP contribution in [0.5, 0.6) is 0 Å². The molecule has 1 aromatic heterocycles. The van der Waals surface area contributed by atoms with E-state index >= 15 is 0 Å². The van der Waals surface area contributed by atoms with Crippen LogP contribution in [-0.2, 0) is 14.4 Å². The van der Waals surface area contributed by atoms with E-state index in [0.717, 1.165) is 38.7 Å². The Morgan fingerprint density at radius 1 is 1.06 bits per heavy atom. The van der Waals surface area contributed by atoms with Crippen LogP contribution in [0.1, 0.15) is 30.5 Å². The molecule has 0 bridgehead atoms. The smallest absolute Gasteiger partial charge is 0.325 e. The minimum absolute atomic E-state index is 0.00964. The van der Waals surface area contributed by atoms with Gasteiger partial charge in [0.15, 0.2) is 0 Å². The van der Waals surface area contributed by atoms with Crippen LogP contribution in [-0.4, -0.2) is 33.9 Å². The molecule has 160 valence electrons. The number of carboxylic acid groups (broad SMARTS) is 1. The second-order valence-electron chi connectivity index (χ2n) is 7.58. The molecule has 3 aromatic rings. The second kappa shape index (κ2) is 8.87. The maximum Gasteiger partial charge on any atom is 0.325 e. The number of carbonyl (C=O) groups excluding carboxylic acids is 2. The third-order valence-electron chi connectivity index (χ3n) is 5.05. The summed E-state index contributed by atoms with van der Waals surface area (Å²) in [5.74, 6) is -2.24. The van der Waals surface area contributed by atoms with Crippen LogP contribution >= 0.6 is 0 Å². The molecule has 0 saturated heterocycles. The van der Waals surface area contributed by atoms with Crippen molar-refractivity contribution in [3.05, 3.63) is 65.0 Å². The number of nitrogens with one attached hydrogen (secondary N) is 3. The van der Waals surface area contributed by atoms with Gasteiger partial charge in [0.25, 0.3) is 5.91 Å². The number of fused-ring (bicyclic) bond motifs is 1. The first-order valence-corrected chi connectivity index (χ1v) is 9.87. The Labute approximate surface area is 180 Å². The molecule has 2 aromatic carbocycles. The third kappa shape index (κ3) is 5.01. The Kier molecular flexibility index (Phi) is 6.25. The second-order valence-corrected chi connectivity index (χ2v) is 7.58. The zero-order valence-corrected chi connectivity index (χ0v) is 17.9. The van der Waals surface area contributed by atoms with Gasteiger partial charge in [-0.3, -0.25) is 14.4 Å². The summed E-state index contributed by atoms with van der Waals surface area (Å²) in [7, 11) is 0. The predicted octanol–water partition coefficient (Wildman–Crippen LogP) is 3.52. The van der Waals surface area contributed by atoms with Crippen molar-refractivity contribution >= 4 is 34.8 Å². The van der Waals surface area contributed by atoms with Crippen molar-refractivity contribution in [2.45, 2.75) is 33.7 Å². The number of aliphatic carboxylic acids is 1. The zero-order valence-electron chi connectivity index (χ0n) is 17.9. The van der Waals surface area contributed by atoms with Crippen LogP contribution in [0.25, 0.3) is 28.1 Å². The van der Waals surface area contributed by atoms with Crippen molar-refractivity contribution in [2.24, 2.45) is 0 Å². The number of amides is 2. The van der Waals surface area contributed by atoms with Crippen molar-refractivity contribution in [3.8, 4) is 11.1 Å². The summed E-state index contributed by atoms with van der Waals surface area (Å²) in [6.07, 6.45) is 3.47. The average Bonchev–Trinajstić information content (AvgIpc) is 3.17. The summed E-state index contributed by atoms with van der Waals surface area (Å²) in [6.45, 7) is 6.56. The Morgan fingerprint density at radius 2 is 1.81 bits per heavy atom. The number of carbonyl (C=O) groups is 3. The number of benzene rings is 2. The third-order valence-corrected chi connectivity index (χ3v) is 5.05. The van der Waals surface area contributed by atoms with E-state index in [1.807, 2.05) is 44.3 Å². The molecule has 2 amide bonds. The molecular weight excluding hydrogens is 394 g/mol. The number of aryl methyl sites for hydroxylation is 2. The summed E-state index contributed by atoms with van der Waals surface area (Å²) in [4.78, 5) is 38.3. The van der Waals surface area contributed by atoms with Crippen LogP contribution in [0.2, 0.25) is 0 Å². The van der Waals surface area contributed by atoms with Crippen molar-refractivity contribution in [1.29, 1.82) is 0 Å². The lowest BCUT2D eigenvalue weighted by molar-refractivity contribution is -0.140. The lowest BCUT2D eigenvalue weighted by Crippen LogP contribution is -2.42. The van der Waals surface area contributed by atoms with Gasteiger partial charge in [0, 0.05) is 18.6 Å². The van der Waals surface area contributed by atoms with E-state index in [9.17, 15) is 14.4 Å². The molecule has 0 fully saturated rings. The van der Waals surface area contributed by atoms with Gasteiger partial charge >= 0.3 is 5.97 Å². The van der Waals surface area contributed by atoms with Crippen molar-refractivity contribution in [1.82, 2.24) is 15.6 Å². The van der Waals surface area contributed by atoms with Crippen molar-refractivity contribution in [3.63, 3.8) is 0 Å². The van der Waals surface area contributed by atoms with E-state index in [2.05, 4.69) is 27.8 Å². The fourth-order valence-corrected chi connectivity index (χ4v) is 3.37. The van der Waals surface area contributed by atoms with Crippen LogP contribution in [0.4, 0.5) is 0 Å². The number of carboxylic acids is 1. The topological polar surface area (TPSA) is 111 Å². The molecule has 1 atom stereocenters. The molecule has 31 heavy (non-hydrogen) atoms. The Bertz CT molecular complexity index is 1210. The van der Waals surface area contributed by atoms with Gasteiger partial charge in [0.1, 0.15) is 11.7 Å². The highest BCUT2D eigenvalue weighted by Crippen LogP contribution is 2.29. The number of rotatable bonds is 6. The maximum absolute atomic E-state index is 12.5. The number of aromatic amines is 1. The van der Waals surface area contributed by atoms with Gasteiger partial charge in [0.05, 0.1) is 0 Å². The lowest BCUT2D eigenvalue weighted by atomic mass is 9.94. The largest absolute Gasteiger partial charge is 0.480 e. The highest BCUT2D eigenvalue weighted by atomic mass is 16.4. The summed E-state index contributed by atoms with van der Waals surface area (Å²) < 4.78 is 0. The van der Waals surface area contributed by atoms with E-state index in [-0.39, 0.29) is 5.70 Å². The standard InChI is InChI=1S/C24H25N3O4/c1-13-10-20(17-5-6-21-18(11-17)7-8-25-21)14(2)9-19(13)12-22(27-16(4)28)23(29)26-15(3)24(30)31/h5-12,15,25H,1-4H3,(H,26,29)(H,27,28)(H,30,31)/b22-12-/t15-/m1/s1. The van der Waals surface area contributed by atoms with Gasteiger partial charge < -0.3 is 20.7 Å². The number of aromatic nitrogens is 1. The first kappa shape index (κ1) is 21.8. The van der Waals surface area contributed by atoms with Gasteiger partial charge in [-0.2, -0.15) is 0 Å². The molecule has 0 radical (unpaired) electrons. The number of H-pyrrole nitrogens is 1. The monoisotopic (exact) mass is 419 g/mol. The van der Waals surface area contributed by atoms with Crippen molar-refractivity contribution in [2.75, 3.05) is 0 Å². The molecular formula is C24H25N3O4. The van der Waals surface area contributed by atoms with E-state index < -0.39 is 23.8 Å². The van der Waals surface area contributed by atoms with Crippen LogP contribution in [0.15, 0.2) is 48.3 Å². The predicted molar refractivity (Wildman–Crippen MR) is 120 cm³/mol. The maximum atomic E-state index is 12.5. The summed E-state index contributed by atoms with van der Waals surface area (Å²) in [6, 6.07) is 11.1. The van der Waals surface area contributed by atoms with Gasteiger partial charge in [-0.25, -0.2) is 0 Å². The van der Waals surface area contributed by atoms with Gasteiger partial charge in [-0.05, 0) is 78.2 Å². The normalized spacial score (nSPS) is 12.5. The summed E-state index contributed by atoms with van der Waals surface area (Å²) >= 11 is 0. The fraction of sp³-hybridized carbons (Fsp3) is 0.208. The first-order chi connectivity index (χ1) is 14.7. The molecule has 3 rings (SSSR count). The Balaban J connectivity index is 1.98. The average molecular weight is 419 g/mol. The molecule has 7 heteroatoms. The minimum atomic E-state index is -1.16. The molecule has 4 N–H and O–H groups in total. The molecule has 0 spiro atoms. The summed E-state index contributed by atoms with van der Waals surface area (Å²) in [5.41, 5.74) is 5.89. The summed E-state index contributed by atoms with van der Waals surface area (Å²) in [5, 5.41) is 15.0. The van der Waals surface area contributed by atoms with E-state index in [1.54, 1.807) is 6.08 Å². The Hall–Kier alpha value is -3.87. The molecule has 0 aliphatic heterocycles. The zero-order chi connectivity index (χ0) is 22.7. The molecule has 7 nitrogen and oxygen atoms in total. The van der Waals surface area contributed by atoms with Crippen LogP contribution < -0.4 is 10.6 Å². The van der Waals surface area contributed by atoms with Gasteiger partial charge in [-0.1, -0.05) is 18.2 Å². The molecule has 0 aliphatic rings. The fourth-order valence-electron chi connectivity index (χ4n) is 3.37. The highest BCUT2D eigenvalue weighted by Gasteiger charge is 2.18. The van der Waals surface area contributed by atoms with E-state index in [1.165, 1.54) is 13.8 Å². The Morgan fingerprint density at radius 3 is 2.48 bits per heavy atom. The number of hydrogen-bond donors (Lipinski definition) is 4. The number of hydrogen-bond acceptors (Lipinski definition) is 3. The molecule has 0 aliphatic carbocycles. The minimum Gasteiger partial charge on any atom is -0.480 e. The van der Waals surface area contributed by atoms with Crippen LogP contribution in [0, 0.1) is 13.8 Å². The SMILES string of the molecule is CC(=O)N/C(=C\c1cc(C)c(-c2ccc3[nH]ccc3c2)cc1C)C(=O)N[C@H](C)C(=O)O. The quantitative estimate of drug-likeness (QED) is 0.458. The van der Waals surface area contributed by atoms with E-state index in [0.29, 0.717) is 0 Å². The highest BCUT2D eigenvalue weighted by molar-refractivity contribution is 6.02. The molecule has 1 heterocycles. The lowest BCUT2D eigenvalue weighted by Gasteiger charge is -2.14. The molecule has 0 unspecified atom stereocenters. The van der Waals surface area contributed by atoms with Gasteiger partial charge in [0.2, 0.25) is 5.91 Å². The molecule has 0 saturated carbocycles. The van der Waals surface area contributed by atoms with Crippen LogP contribution in [0.3, 0.4) is 0 Å². The van der Waals surface area contributed by atoms with Crippen molar-refractivity contribution < 1.29 is 19.5 Å². The van der Waals surface area contributed by atoms with E-state index in [4.69, 9.17) is 5.11 Å². The first-order valence-electron chi connectivity index (χ1n) is 9.87. The van der Waals surface area contributed by atoms with Gasteiger partial charge in [-0.15, -0.1) is 0 Å².